The Hall–Kier alpha value is -2.09. The smallest absolute Gasteiger partial charge is 0.243 e. The first-order chi connectivity index (χ1) is 12.9. The van der Waals surface area contributed by atoms with E-state index in [9.17, 15) is 13.2 Å². The van der Waals surface area contributed by atoms with Gasteiger partial charge in [-0.15, -0.1) is 0 Å². The molecule has 2 aromatic rings. The van der Waals surface area contributed by atoms with Crippen LogP contribution in [0.15, 0.2) is 53.4 Å². The first-order valence-corrected chi connectivity index (χ1v) is 10.5. The number of nitrogens with zero attached hydrogens (tertiary/aromatic N) is 2. The zero-order chi connectivity index (χ0) is 19.4. The fourth-order valence-electron chi connectivity index (χ4n) is 2.91. The van der Waals surface area contributed by atoms with Crippen LogP contribution in [0.3, 0.4) is 0 Å². The molecule has 0 bridgehead atoms. The highest BCUT2D eigenvalue weighted by Gasteiger charge is 2.29. The molecule has 1 heterocycles. The van der Waals surface area contributed by atoms with E-state index in [2.05, 4.69) is 5.32 Å². The maximum atomic E-state index is 12.6. The number of carbonyl (C=O) groups is 1. The molecule has 0 aliphatic carbocycles. The van der Waals surface area contributed by atoms with Crippen molar-refractivity contribution in [2.24, 2.45) is 0 Å². The predicted octanol–water partition coefficient (Wildman–Crippen LogP) is 2.59. The Bertz CT molecular complexity index is 911. The lowest BCUT2D eigenvalue weighted by molar-refractivity contribution is -0.130. The minimum absolute atomic E-state index is 0.0662. The van der Waals surface area contributed by atoms with Gasteiger partial charge in [0.15, 0.2) is 0 Å². The van der Waals surface area contributed by atoms with Gasteiger partial charge in [-0.2, -0.15) is 4.31 Å². The predicted molar refractivity (Wildman–Crippen MR) is 106 cm³/mol. The second-order valence-corrected chi connectivity index (χ2v) is 8.76. The summed E-state index contributed by atoms with van der Waals surface area (Å²) in [5.74, 6) is -0.0662. The molecule has 1 N–H and O–H groups in total. The molecule has 0 spiro atoms. The Morgan fingerprint density at radius 1 is 1.07 bits per heavy atom. The minimum Gasteiger partial charge on any atom is -0.376 e. The van der Waals surface area contributed by atoms with Crippen LogP contribution in [-0.2, 0) is 14.8 Å². The molecular formula is C19H22ClN3O3S. The van der Waals surface area contributed by atoms with E-state index in [1.807, 2.05) is 19.1 Å². The number of halogens is 1. The number of amides is 1. The van der Waals surface area contributed by atoms with Crippen molar-refractivity contribution in [3.05, 3.63) is 59.1 Å². The molecule has 8 heteroatoms. The number of nitrogens with one attached hydrogen (secondary N) is 1. The van der Waals surface area contributed by atoms with Crippen molar-refractivity contribution in [2.45, 2.75) is 11.8 Å². The third-order valence-corrected chi connectivity index (χ3v) is 6.91. The maximum Gasteiger partial charge on any atom is 0.243 e. The van der Waals surface area contributed by atoms with Crippen LogP contribution >= 0.6 is 11.6 Å². The Morgan fingerprint density at radius 2 is 1.74 bits per heavy atom. The molecule has 144 valence electrons. The van der Waals surface area contributed by atoms with Crippen molar-refractivity contribution in [2.75, 3.05) is 38.0 Å². The van der Waals surface area contributed by atoms with Crippen molar-refractivity contribution < 1.29 is 13.2 Å². The number of piperazine rings is 1. The van der Waals surface area contributed by atoms with Gasteiger partial charge in [0, 0.05) is 36.9 Å². The molecule has 27 heavy (non-hydrogen) atoms. The SMILES string of the molecule is Cc1ccc(NCC(=O)N2CCN(S(=O)(=O)c3ccccc3)CC2)cc1Cl. The molecule has 2 aromatic carbocycles. The monoisotopic (exact) mass is 407 g/mol. The first kappa shape index (κ1) is 19.7. The van der Waals surface area contributed by atoms with Gasteiger partial charge in [0.05, 0.1) is 11.4 Å². The van der Waals surface area contributed by atoms with Crippen LogP contribution < -0.4 is 5.32 Å². The van der Waals surface area contributed by atoms with E-state index in [1.54, 1.807) is 41.3 Å². The van der Waals surface area contributed by atoms with Crippen molar-refractivity contribution in [3.8, 4) is 0 Å². The molecule has 1 amide bonds. The number of carbonyl (C=O) groups excluding carboxylic acids is 1. The second kappa shape index (κ2) is 8.29. The number of aryl methyl sites for hydroxylation is 1. The normalized spacial score (nSPS) is 15.6. The van der Waals surface area contributed by atoms with Gasteiger partial charge >= 0.3 is 0 Å². The Kier molecular flexibility index (Phi) is 6.04. The van der Waals surface area contributed by atoms with E-state index in [-0.39, 0.29) is 17.3 Å². The van der Waals surface area contributed by atoms with Crippen LogP contribution in [-0.4, -0.2) is 56.3 Å². The fraction of sp³-hybridized carbons (Fsp3) is 0.316. The van der Waals surface area contributed by atoms with Crippen LogP contribution in [0.5, 0.6) is 0 Å². The highest BCUT2D eigenvalue weighted by molar-refractivity contribution is 7.89. The molecule has 0 radical (unpaired) electrons. The van der Waals surface area contributed by atoms with Crippen molar-refractivity contribution in [3.63, 3.8) is 0 Å². The zero-order valence-corrected chi connectivity index (χ0v) is 16.6. The van der Waals surface area contributed by atoms with Gasteiger partial charge in [-0.25, -0.2) is 8.42 Å². The van der Waals surface area contributed by atoms with Gasteiger partial charge < -0.3 is 10.2 Å². The molecular weight excluding hydrogens is 386 g/mol. The minimum atomic E-state index is -3.51. The Labute approximate surface area is 164 Å². The zero-order valence-electron chi connectivity index (χ0n) is 15.1. The average molecular weight is 408 g/mol. The molecule has 0 unspecified atom stereocenters. The Balaban J connectivity index is 1.54. The maximum absolute atomic E-state index is 12.6. The van der Waals surface area contributed by atoms with E-state index in [4.69, 9.17) is 11.6 Å². The van der Waals surface area contributed by atoms with Crippen molar-refractivity contribution in [1.82, 2.24) is 9.21 Å². The fourth-order valence-corrected chi connectivity index (χ4v) is 4.54. The summed E-state index contributed by atoms with van der Waals surface area (Å²) >= 11 is 6.09. The van der Waals surface area contributed by atoms with Crippen LogP contribution in [0, 0.1) is 6.92 Å². The van der Waals surface area contributed by atoms with E-state index >= 15 is 0 Å². The van der Waals surface area contributed by atoms with Gasteiger partial charge in [0.1, 0.15) is 0 Å². The number of hydrogen-bond acceptors (Lipinski definition) is 4. The van der Waals surface area contributed by atoms with Crippen LogP contribution in [0.1, 0.15) is 5.56 Å². The summed E-state index contributed by atoms with van der Waals surface area (Å²) in [6.45, 7) is 3.40. The molecule has 1 saturated heterocycles. The van der Waals surface area contributed by atoms with Crippen LogP contribution in [0.25, 0.3) is 0 Å². The third kappa shape index (κ3) is 4.61. The van der Waals surface area contributed by atoms with E-state index in [0.717, 1.165) is 11.3 Å². The van der Waals surface area contributed by atoms with E-state index < -0.39 is 10.0 Å². The number of sulfonamides is 1. The summed E-state index contributed by atoms with van der Waals surface area (Å²) in [7, 11) is -3.51. The van der Waals surface area contributed by atoms with Gasteiger partial charge in [-0.3, -0.25) is 4.79 Å². The largest absolute Gasteiger partial charge is 0.376 e. The molecule has 1 aliphatic rings. The van der Waals surface area contributed by atoms with Crippen molar-refractivity contribution in [1.29, 1.82) is 0 Å². The molecule has 3 rings (SSSR count). The van der Waals surface area contributed by atoms with Crippen LogP contribution in [0.4, 0.5) is 5.69 Å². The third-order valence-electron chi connectivity index (χ3n) is 4.59. The first-order valence-electron chi connectivity index (χ1n) is 8.71. The van der Waals surface area contributed by atoms with Crippen LogP contribution in [0.2, 0.25) is 5.02 Å². The topological polar surface area (TPSA) is 69.7 Å². The summed E-state index contributed by atoms with van der Waals surface area (Å²) in [6.07, 6.45) is 0. The molecule has 1 aliphatic heterocycles. The van der Waals surface area contributed by atoms with Gasteiger partial charge in [-0.05, 0) is 36.8 Å². The van der Waals surface area contributed by atoms with Gasteiger partial charge in [-0.1, -0.05) is 35.9 Å². The summed E-state index contributed by atoms with van der Waals surface area (Å²) in [5.41, 5.74) is 1.76. The number of hydrogen-bond donors (Lipinski definition) is 1. The number of rotatable bonds is 5. The van der Waals surface area contributed by atoms with E-state index in [1.165, 1.54) is 4.31 Å². The van der Waals surface area contributed by atoms with E-state index in [0.29, 0.717) is 31.2 Å². The summed E-state index contributed by atoms with van der Waals surface area (Å²) in [4.78, 5) is 14.4. The lowest BCUT2D eigenvalue weighted by Gasteiger charge is -2.34. The molecule has 6 nitrogen and oxygen atoms in total. The highest BCUT2D eigenvalue weighted by Crippen LogP contribution is 2.20. The van der Waals surface area contributed by atoms with Gasteiger partial charge in [0.2, 0.25) is 15.9 Å². The molecule has 1 fully saturated rings. The number of benzene rings is 2. The molecule has 0 aromatic heterocycles. The summed E-state index contributed by atoms with van der Waals surface area (Å²) in [5, 5.41) is 3.72. The average Bonchev–Trinajstić information content (AvgIpc) is 2.69. The van der Waals surface area contributed by atoms with Gasteiger partial charge in [0.25, 0.3) is 0 Å². The van der Waals surface area contributed by atoms with Crippen molar-refractivity contribution >= 4 is 33.2 Å². The quantitative estimate of drug-likeness (QED) is 0.827. The molecule has 0 saturated carbocycles. The molecule has 0 atom stereocenters. The standard InChI is InChI=1S/C19H22ClN3O3S/c1-15-7-8-16(13-18(15)20)21-14-19(24)22-9-11-23(12-10-22)27(25,26)17-5-3-2-4-6-17/h2-8,13,21H,9-12,14H2,1H3. The number of anilines is 1. The summed E-state index contributed by atoms with van der Waals surface area (Å²) in [6, 6.07) is 13.9. The lowest BCUT2D eigenvalue weighted by Crippen LogP contribution is -2.51. The highest BCUT2D eigenvalue weighted by atomic mass is 35.5. The summed E-state index contributed by atoms with van der Waals surface area (Å²) < 4.78 is 26.7. The lowest BCUT2D eigenvalue weighted by atomic mass is 10.2. The Morgan fingerprint density at radius 3 is 2.37 bits per heavy atom. The second-order valence-electron chi connectivity index (χ2n) is 6.42.